The molecule has 0 atom stereocenters. The number of hydrogen-bond donors (Lipinski definition) is 3. The molecule has 1 fully saturated rings. The number of nitrogens with zero attached hydrogens (tertiary/aromatic N) is 2. The van der Waals surface area contributed by atoms with Gasteiger partial charge >= 0.3 is 0 Å². The Hall–Kier alpha value is -2.87. The van der Waals surface area contributed by atoms with Gasteiger partial charge < -0.3 is 20.7 Å². The molecule has 3 rings (SSSR count). The largest absolute Gasteiger partial charge is 0.494 e. The van der Waals surface area contributed by atoms with Crippen molar-refractivity contribution in [3.63, 3.8) is 0 Å². The molecular weight excluding hydrogens is 334 g/mol. The number of rotatable bonds is 5. The van der Waals surface area contributed by atoms with Crippen LogP contribution < -0.4 is 20.7 Å². The molecular formula is C18H23N5O3. The Morgan fingerprint density at radius 3 is 2.65 bits per heavy atom. The number of carbonyl (C=O) groups is 2. The number of amides is 2. The predicted octanol–water partition coefficient (Wildman–Crippen LogP) is 1.57. The Morgan fingerprint density at radius 2 is 2.04 bits per heavy atom. The lowest BCUT2D eigenvalue weighted by Crippen LogP contribution is -2.52. The van der Waals surface area contributed by atoms with E-state index < -0.39 is 5.54 Å². The zero-order valence-electron chi connectivity index (χ0n) is 14.9. The summed E-state index contributed by atoms with van der Waals surface area (Å²) in [7, 11) is 1.52. The number of hydrogen-bond acceptors (Lipinski definition) is 5. The number of benzene rings is 1. The number of anilines is 2. The van der Waals surface area contributed by atoms with Gasteiger partial charge in [0.25, 0.3) is 5.91 Å². The fourth-order valence-corrected chi connectivity index (χ4v) is 3.23. The van der Waals surface area contributed by atoms with E-state index >= 15 is 0 Å². The first kappa shape index (κ1) is 17.9. The number of nitrogens with one attached hydrogen (secondary N) is 3. The Bertz CT molecular complexity index is 782. The van der Waals surface area contributed by atoms with E-state index in [0.29, 0.717) is 30.0 Å². The van der Waals surface area contributed by atoms with E-state index in [4.69, 9.17) is 4.74 Å². The van der Waals surface area contributed by atoms with Crippen molar-refractivity contribution < 1.29 is 14.3 Å². The highest BCUT2D eigenvalue weighted by Crippen LogP contribution is 2.31. The van der Waals surface area contributed by atoms with Crippen molar-refractivity contribution in [2.75, 3.05) is 30.8 Å². The molecule has 0 radical (unpaired) electrons. The zero-order valence-corrected chi connectivity index (χ0v) is 14.9. The molecule has 1 aliphatic rings. The molecule has 0 aliphatic carbocycles. The normalized spacial score (nSPS) is 15.9. The third kappa shape index (κ3) is 3.55. The van der Waals surface area contributed by atoms with Crippen LogP contribution in [0.25, 0.3) is 0 Å². The van der Waals surface area contributed by atoms with Crippen LogP contribution in [0.5, 0.6) is 5.75 Å². The van der Waals surface area contributed by atoms with Gasteiger partial charge in [0.05, 0.1) is 12.8 Å². The second kappa shape index (κ2) is 7.57. The second-order valence-corrected chi connectivity index (χ2v) is 6.28. The van der Waals surface area contributed by atoms with Crippen LogP contribution in [-0.4, -0.2) is 41.8 Å². The molecule has 138 valence electrons. The smallest absolute Gasteiger partial charge is 0.252 e. The highest BCUT2D eigenvalue weighted by Gasteiger charge is 2.42. The van der Waals surface area contributed by atoms with E-state index in [9.17, 15) is 9.59 Å². The molecule has 8 heteroatoms. The minimum Gasteiger partial charge on any atom is -0.494 e. The quantitative estimate of drug-likeness (QED) is 0.755. The van der Waals surface area contributed by atoms with Crippen LogP contribution in [0.15, 0.2) is 36.7 Å². The fourth-order valence-electron chi connectivity index (χ4n) is 3.23. The van der Waals surface area contributed by atoms with Gasteiger partial charge in [-0.05, 0) is 44.1 Å². The maximum absolute atomic E-state index is 13.1. The van der Waals surface area contributed by atoms with Gasteiger partial charge in [0.15, 0.2) is 0 Å². The highest BCUT2D eigenvalue weighted by molar-refractivity contribution is 5.98. The summed E-state index contributed by atoms with van der Waals surface area (Å²) in [6.45, 7) is 2.93. The molecule has 1 saturated heterocycles. The van der Waals surface area contributed by atoms with E-state index in [1.54, 1.807) is 29.1 Å². The summed E-state index contributed by atoms with van der Waals surface area (Å²) < 4.78 is 7.06. The van der Waals surface area contributed by atoms with Gasteiger partial charge in [0.1, 0.15) is 11.3 Å². The van der Waals surface area contributed by atoms with Crippen LogP contribution in [0.4, 0.5) is 11.4 Å². The van der Waals surface area contributed by atoms with Gasteiger partial charge in [0, 0.05) is 31.1 Å². The summed E-state index contributed by atoms with van der Waals surface area (Å²) in [5.74, 6) is 0.181. The first-order valence-corrected chi connectivity index (χ1v) is 8.53. The number of methoxy groups -OCH3 is 1. The van der Waals surface area contributed by atoms with E-state index in [1.807, 2.05) is 12.3 Å². The van der Waals surface area contributed by atoms with E-state index in [1.165, 1.54) is 14.0 Å². The van der Waals surface area contributed by atoms with Crippen LogP contribution in [0.1, 0.15) is 19.8 Å². The minimum atomic E-state index is -0.724. The maximum atomic E-state index is 13.1. The van der Waals surface area contributed by atoms with Crippen molar-refractivity contribution in [2.24, 2.45) is 0 Å². The van der Waals surface area contributed by atoms with E-state index in [2.05, 4.69) is 21.0 Å². The Labute approximate surface area is 151 Å². The lowest BCUT2D eigenvalue weighted by Gasteiger charge is -2.36. The summed E-state index contributed by atoms with van der Waals surface area (Å²) in [5.41, 5.74) is 0.436. The van der Waals surface area contributed by atoms with Gasteiger partial charge in [-0.15, -0.1) is 0 Å². The van der Waals surface area contributed by atoms with Crippen molar-refractivity contribution >= 4 is 23.2 Å². The topological polar surface area (TPSA) is 97.3 Å². The number of carbonyl (C=O) groups excluding carboxylic acids is 2. The third-order valence-electron chi connectivity index (χ3n) is 4.57. The molecule has 1 aliphatic heterocycles. The zero-order chi connectivity index (χ0) is 18.6. The molecule has 0 spiro atoms. The van der Waals surface area contributed by atoms with E-state index in [-0.39, 0.29) is 11.8 Å². The van der Waals surface area contributed by atoms with Gasteiger partial charge in [-0.25, -0.2) is 0 Å². The first-order valence-electron chi connectivity index (χ1n) is 8.53. The number of piperidine rings is 1. The first-order chi connectivity index (χ1) is 12.5. The van der Waals surface area contributed by atoms with Crippen LogP contribution in [0, 0.1) is 0 Å². The molecule has 1 aromatic heterocycles. The number of aromatic nitrogens is 2. The molecule has 2 heterocycles. The Kier molecular flexibility index (Phi) is 5.22. The van der Waals surface area contributed by atoms with Gasteiger partial charge in [-0.3, -0.25) is 14.3 Å². The standard InChI is InChI=1S/C18H23N5O3/c1-13(24)21-15-5-4-14(12-16(15)26-2)22-17(25)18(6-9-19-10-7-18)23-11-3-8-20-23/h3-5,8,11-12,19H,6-7,9-10H2,1-2H3,(H,21,24)(H,22,25). The van der Waals surface area contributed by atoms with Gasteiger partial charge in [0.2, 0.25) is 5.91 Å². The SMILES string of the molecule is COc1cc(NC(=O)C2(n3cccn3)CCNCC2)ccc1NC(C)=O. The Morgan fingerprint density at radius 1 is 1.27 bits per heavy atom. The highest BCUT2D eigenvalue weighted by atomic mass is 16.5. The molecule has 2 amide bonds. The molecule has 0 bridgehead atoms. The van der Waals surface area contributed by atoms with Crippen molar-refractivity contribution in [2.45, 2.75) is 25.3 Å². The summed E-state index contributed by atoms with van der Waals surface area (Å²) in [5, 5.41) is 13.3. The summed E-state index contributed by atoms with van der Waals surface area (Å²) >= 11 is 0. The maximum Gasteiger partial charge on any atom is 0.252 e. The third-order valence-corrected chi connectivity index (χ3v) is 4.57. The number of ether oxygens (including phenoxy) is 1. The monoisotopic (exact) mass is 357 g/mol. The average Bonchev–Trinajstić information content (AvgIpc) is 3.18. The minimum absolute atomic E-state index is 0.114. The molecule has 2 aromatic rings. The lowest BCUT2D eigenvalue weighted by atomic mass is 9.87. The van der Waals surface area contributed by atoms with E-state index in [0.717, 1.165) is 13.1 Å². The molecule has 0 saturated carbocycles. The molecule has 0 unspecified atom stereocenters. The van der Waals surface area contributed by atoms with Crippen molar-refractivity contribution in [3.05, 3.63) is 36.7 Å². The molecule has 1 aromatic carbocycles. The van der Waals surface area contributed by atoms with Crippen LogP contribution in [0.2, 0.25) is 0 Å². The fraction of sp³-hybridized carbons (Fsp3) is 0.389. The second-order valence-electron chi connectivity index (χ2n) is 6.28. The van der Waals surface area contributed by atoms with Crippen LogP contribution >= 0.6 is 0 Å². The van der Waals surface area contributed by atoms with Gasteiger partial charge in [-0.2, -0.15) is 5.10 Å². The van der Waals surface area contributed by atoms with Crippen molar-refractivity contribution in [1.29, 1.82) is 0 Å². The van der Waals surface area contributed by atoms with Crippen molar-refractivity contribution in [1.82, 2.24) is 15.1 Å². The summed E-state index contributed by atoms with van der Waals surface area (Å²) in [6.07, 6.45) is 4.82. The summed E-state index contributed by atoms with van der Waals surface area (Å²) in [6, 6.07) is 6.96. The van der Waals surface area contributed by atoms with Crippen LogP contribution in [0.3, 0.4) is 0 Å². The molecule has 26 heavy (non-hydrogen) atoms. The summed E-state index contributed by atoms with van der Waals surface area (Å²) in [4.78, 5) is 24.4. The Balaban J connectivity index is 1.85. The molecule has 8 nitrogen and oxygen atoms in total. The average molecular weight is 357 g/mol. The van der Waals surface area contributed by atoms with Crippen LogP contribution in [-0.2, 0) is 15.1 Å². The van der Waals surface area contributed by atoms with Gasteiger partial charge in [-0.1, -0.05) is 0 Å². The predicted molar refractivity (Wildman–Crippen MR) is 98.2 cm³/mol. The lowest BCUT2D eigenvalue weighted by molar-refractivity contribution is -0.126. The van der Waals surface area contributed by atoms with Crippen molar-refractivity contribution in [3.8, 4) is 5.75 Å². The molecule has 3 N–H and O–H groups in total.